The maximum atomic E-state index is 15.0. The first-order valence-electron chi connectivity index (χ1n) is 9.78. The molecule has 2 fully saturated rings. The number of halogens is 4. The average molecular weight is 487 g/mol. The number of ether oxygens (including phenoxy) is 1. The number of hydrogen-bond donors (Lipinski definition) is 2. The predicted molar refractivity (Wildman–Crippen MR) is 117 cm³/mol. The van der Waals surface area contributed by atoms with Crippen LogP contribution in [0.5, 0.6) is 0 Å². The molecule has 1 aromatic heterocycles. The maximum absolute atomic E-state index is 15.0. The Morgan fingerprint density at radius 2 is 2.06 bits per heavy atom. The van der Waals surface area contributed by atoms with Gasteiger partial charge in [0.05, 0.1) is 17.8 Å². The van der Waals surface area contributed by atoms with Gasteiger partial charge in [0, 0.05) is 24.9 Å². The first-order valence-corrected chi connectivity index (χ1v) is 10.4. The molecule has 2 N–H and O–H groups in total. The molecule has 0 aromatic carbocycles. The lowest BCUT2D eigenvalue weighted by Gasteiger charge is -2.34. The van der Waals surface area contributed by atoms with E-state index in [-0.39, 0.29) is 54.0 Å². The van der Waals surface area contributed by atoms with E-state index < -0.39 is 29.3 Å². The molecule has 0 spiro atoms. The largest absolute Gasteiger partial charge is 0.437 e. The Labute approximate surface area is 189 Å². The summed E-state index contributed by atoms with van der Waals surface area (Å²) in [6, 6.07) is 1.66. The number of nitrogens with zero attached hydrogens (tertiary/aromatic N) is 3. The number of piperazine rings is 1. The number of nitrogens with one attached hydrogen (secondary N) is 2. The summed E-state index contributed by atoms with van der Waals surface area (Å²) in [5.74, 6) is -0.534. The van der Waals surface area contributed by atoms with E-state index in [4.69, 9.17) is 4.74 Å². The Bertz CT molecular complexity index is 1050. The van der Waals surface area contributed by atoms with E-state index in [1.807, 2.05) is 9.24 Å². The van der Waals surface area contributed by atoms with Gasteiger partial charge in [0.25, 0.3) is 0 Å². The van der Waals surface area contributed by atoms with Crippen LogP contribution in [-0.2, 0) is 15.7 Å². The molecule has 0 bridgehead atoms. The van der Waals surface area contributed by atoms with Gasteiger partial charge < -0.3 is 15.0 Å². The van der Waals surface area contributed by atoms with Crippen molar-refractivity contribution < 1.29 is 31.9 Å². The zero-order valence-corrected chi connectivity index (χ0v) is 18.9. The van der Waals surface area contributed by atoms with Crippen LogP contribution in [0.4, 0.5) is 28.2 Å². The minimum absolute atomic E-state index is 0.00339. The van der Waals surface area contributed by atoms with E-state index in [0.29, 0.717) is 0 Å². The highest BCUT2D eigenvalue weighted by molar-refractivity contribution is 7.18. The molecule has 0 saturated carbocycles. The molecular formula is C20H22F4N5O3P. The fourth-order valence-corrected chi connectivity index (χ4v) is 3.69. The van der Waals surface area contributed by atoms with Gasteiger partial charge in [0.2, 0.25) is 5.91 Å². The van der Waals surface area contributed by atoms with Crippen LogP contribution in [0.25, 0.3) is 5.57 Å². The highest BCUT2D eigenvalue weighted by Crippen LogP contribution is 2.38. The van der Waals surface area contributed by atoms with Crippen molar-refractivity contribution in [1.82, 2.24) is 15.6 Å². The fourth-order valence-electron chi connectivity index (χ4n) is 3.45. The number of hydrogen-bond acceptors (Lipinski definition) is 6. The van der Waals surface area contributed by atoms with Crippen molar-refractivity contribution in [3.8, 4) is 0 Å². The van der Waals surface area contributed by atoms with Crippen LogP contribution in [0.3, 0.4) is 0 Å². The van der Waals surface area contributed by atoms with E-state index in [1.165, 1.54) is 11.8 Å². The number of aromatic nitrogens is 1. The number of anilines is 1. The lowest BCUT2D eigenvalue weighted by atomic mass is 9.95. The molecule has 0 radical (unpaired) electrons. The van der Waals surface area contributed by atoms with Crippen LogP contribution in [-0.4, -0.2) is 54.0 Å². The van der Waals surface area contributed by atoms with Crippen LogP contribution >= 0.6 is 9.24 Å². The summed E-state index contributed by atoms with van der Waals surface area (Å²) >= 11 is 0. The molecule has 3 rings (SSSR count). The molecule has 2 amide bonds. The number of amidine groups is 1. The average Bonchev–Trinajstić information content (AvgIpc) is 2.71. The number of amides is 2. The monoisotopic (exact) mass is 487 g/mol. The van der Waals surface area contributed by atoms with E-state index in [1.54, 1.807) is 0 Å². The fraction of sp³-hybridized carbons (Fsp3) is 0.400. The van der Waals surface area contributed by atoms with Crippen LogP contribution < -0.4 is 15.5 Å². The molecule has 2 aliphatic heterocycles. The quantitative estimate of drug-likeness (QED) is 0.503. The number of cyclic esters (lactones) is 1. The van der Waals surface area contributed by atoms with Gasteiger partial charge in [-0.05, 0) is 31.6 Å². The Hall–Kier alpha value is -3.01. The van der Waals surface area contributed by atoms with E-state index >= 15 is 0 Å². The normalized spacial score (nSPS) is 23.9. The van der Waals surface area contributed by atoms with Gasteiger partial charge in [-0.15, -0.1) is 0 Å². The lowest BCUT2D eigenvalue weighted by Crippen LogP contribution is -2.50. The Kier molecular flexibility index (Phi) is 6.78. The van der Waals surface area contributed by atoms with Gasteiger partial charge in [-0.2, -0.15) is 13.2 Å². The van der Waals surface area contributed by atoms with Crippen molar-refractivity contribution in [1.29, 1.82) is 0 Å². The summed E-state index contributed by atoms with van der Waals surface area (Å²) in [7, 11) is 1.90. The molecule has 2 aliphatic rings. The molecule has 13 heteroatoms. The number of carbonyl (C=O) groups excluding carboxylic acids is 2. The third kappa shape index (κ3) is 5.50. The summed E-state index contributed by atoms with van der Waals surface area (Å²) in [5, 5.41) is 2.74. The number of aliphatic imine (C=N–C) groups is 1. The highest BCUT2D eigenvalue weighted by Gasteiger charge is 2.43. The highest BCUT2D eigenvalue weighted by atomic mass is 31.0. The molecule has 2 unspecified atom stereocenters. The summed E-state index contributed by atoms with van der Waals surface area (Å²) in [6.07, 6.45) is -6.09. The van der Waals surface area contributed by atoms with Crippen LogP contribution in [0, 0.1) is 0 Å². The zero-order chi connectivity index (χ0) is 24.6. The zero-order valence-electron chi connectivity index (χ0n) is 17.8. The second-order valence-electron chi connectivity index (χ2n) is 7.63. The molecule has 2 saturated heterocycles. The number of alkyl halides is 4. The summed E-state index contributed by atoms with van der Waals surface area (Å²) in [4.78, 5) is 33.4. The third-order valence-corrected chi connectivity index (χ3v) is 5.29. The summed E-state index contributed by atoms with van der Waals surface area (Å²) in [6.45, 7) is 6.35. The topological polar surface area (TPSA) is 95.9 Å². The minimum atomic E-state index is -4.71. The van der Waals surface area contributed by atoms with Crippen molar-refractivity contribution in [3.05, 3.63) is 41.7 Å². The van der Waals surface area contributed by atoms with Crippen molar-refractivity contribution in [2.45, 2.75) is 31.5 Å². The van der Waals surface area contributed by atoms with Crippen LogP contribution in [0.15, 0.2) is 35.5 Å². The summed E-state index contributed by atoms with van der Waals surface area (Å²) in [5.41, 5.74) is -1.04. The van der Waals surface area contributed by atoms with E-state index in [0.717, 1.165) is 25.3 Å². The van der Waals surface area contributed by atoms with E-state index in [2.05, 4.69) is 27.2 Å². The minimum Gasteiger partial charge on any atom is -0.437 e. The lowest BCUT2D eigenvalue weighted by molar-refractivity contribution is -0.137. The first kappa shape index (κ1) is 24.6. The molecule has 33 heavy (non-hydrogen) atoms. The molecule has 178 valence electrons. The molecule has 0 aliphatic carbocycles. The second kappa shape index (κ2) is 9.09. The smallest absolute Gasteiger partial charge is 0.416 e. The summed E-state index contributed by atoms with van der Waals surface area (Å²) < 4.78 is 61.1. The van der Waals surface area contributed by atoms with Crippen molar-refractivity contribution in [2.75, 3.05) is 24.5 Å². The first-order chi connectivity index (χ1) is 15.3. The molecule has 8 nitrogen and oxygen atoms in total. The van der Waals surface area contributed by atoms with Gasteiger partial charge >= 0.3 is 12.3 Å². The maximum Gasteiger partial charge on any atom is 0.416 e. The van der Waals surface area contributed by atoms with Crippen molar-refractivity contribution >= 4 is 38.5 Å². The predicted octanol–water partition coefficient (Wildman–Crippen LogP) is 3.02. The number of alkyl carbamates (subject to hydrolysis) is 1. The van der Waals surface area contributed by atoms with E-state index in [9.17, 15) is 27.2 Å². The van der Waals surface area contributed by atoms with Crippen LogP contribution in [0.2, 0.25) is 0 Å². The Morgan fingerprint density at radius 3 is 2.64 bits per heavy atom. The van der Waals surface area contributed by atoms with Crippen LogP contribution in [0.1, 0.15) is 25.1 Å². The van der Waals surface area contributed by atoms with Gasteiger partial charge in [0.15, 0.2) is 11.5 Å². The van der Waals surface area contributed by atoms with Crippen molar-refractivity contribution in [2.24, 2.45) is 4.99 Å². The van der Waals surface area contributed by atoms with Gasteiger partial charge in [-0.3, -0.25) is 10.1 Å². The van der Waals surface area contributed by atoms with Gasteiger partial charge in [-0.25, -0.2) is 19.2 Å². The molecule has 3 heterocycles. The van der Waals surface area contributed by atoms with Gasteiger partial charge in [0.1, 0.15) is 11.7 Å². The Balaban J connectivity index is 2.23. The molecule has 1 aromatic rings. The second-order valence-corrected chi connectivity index (χ2v) is 8.76. The number of carbonyl (C=O) groups is 2. The third-order valence-electron chi connectivity index (χ3n) is 4.99. The van der Waals surface area contributed by atoms with Gasteiger partial charge in [-0.1, -0.05) is 15.8 Å². The number of pyridine rings is 1. The SMILES string of the molecule is C=CN=C1NC(=O)O[C@@H](C(C)(F)P)/C1=C(/C)c1cc(C(F)(F)F)cc(N2CCNC(=O)C2)n1. The standard InChI is InChI=1S/C20H22F4N5O3P/c1-4-25-17-15(16(19(3,21)33)32-18(31)28-17)10(2)12-7-11(20(22,23)24)8-13(27-12)29-6-5-26-14(30)9-29/h4,7-8,16H,1,5-6,9,33H2,2-3H3,(H,26,30)(H,25,28,31)/b15-10+/t16-,19?/m1/s1. The molecule has 3 atom stereocenters. The molecular weight excluding hydrogens is 465 g/mol. The number of allylic oxidation sites excluding steroid dienone is 1. The number of rotatable bonds is 4. The van der Waals surface area contributed by atoms with Crippen molar-refractivity contribution in [3.63, 3.8) is 0 Å². The Morgan fingerprint density at radius 1 is 1.36 bits per heavy atom.